The van der Waals surface area contributed by atoms with E-state index in [9.17, 15) is 8.42 Å². The Labute approximate surface area is 191 Å². The number of benzene rings is 2. The molecule has 32 heavy (non-hydrogen) atoms. The van der Waals surface area contributed by atoms with Gasteiger partial charge in [-0.15, -0.1) is 10.2 Å². The summed E-state index contributed by atoms with van der Waals surface area (Å²) in [5.41, 5.74) is 1.04. The molecule has 2 aromatic carbocycles. The second-order valence-corrected chi connectivity index (χ2v) is 9.95. The summed E-state index contributed by atoms with van der Waals surface area (Å²) < 4.78 is 42.1. The molecule has 2 aliphatic rings. The van der Waals surface area contributed by atoms with Crippen LogP contribution in [-0.4, -0.2) is 36.4 Å². The topological polar surface area (TPSA) is 95.3 Å². The van der Waals surface area contributed by atoms with E-state index >= 15 is 0 Å². The highest BCUT2D eigenvalue weighted by molar-refractivity contribution is 7.92. The van der Waals surface area contributed by atoms with Crippen LogP contribution in [0.1, 0.15) is 31.5 Å². The first kappa shape index (κ1) is 21.1. The molecule has 0 saturated carbocycles. The van der Waals surface area contributed by atoms with E-state index in [4.69, 9.17) is 21.1 Å². The predicted octanol–water partition coefficient (Wildman–Crippen LogP) is 4.29. The molecule has 8 nitrogen and oxygen atoms in total. The lowest BCUT2D eigenvalue weighted by Gasteiger charge is -2.13. The Balaban J connectivity index is 1.45. The summed E-state index contributed by atoms with van der Waals surface area (Å²) >= 11 is 6.47. The molecule has 0 atom stereocenters. The molecular weight excluding hydrogens is 452 g/mol. The summed E-state index contributed by atoms with van der Waals surface area (Å²) in [4.78, 5) is 0.0922. The van der Waals surface area contributed by atoms with Crippen molar-refractivity contribution in [3.05, 3.63) is 47.2 Å². The van der Waals surface area contributed by atoms with Gasteiger partial charge in [0.2, 0.25) is 0 Å². The van der Waals surface area contributed by atoms with Crippen molar-refractivity contribution in [2.45, 2.75) is 43.5 Å². The largest absolute Gasteiger partial charge is 0.490 e. The number of anilines is 1. The van der Waals surface area contributed by atoms with Gasteiger partial charge in [0.15, 0.2) is 17.3 Å². The van der Waals surface area contributed by atoms with Gasteiger partial charge in [0.25, 0.3) is 10.0 Å². The van der Waals surface area contributed by atoms with E-state index in [-0.39, 0.29) is 4.90 Å². The number of ether oxygens (including phenoxy) is 2. The molecule has 168 valence electrons. The minimum Gasteiger partial charge on any atom is -0.490 e. The third kappa shape index (κ3) is 4.14. The van der Waals surface area contributed by atoms with Crippen molar-refractivity contribution in [1.29, 1.82) is 0 Å². The van der Waals surface area contributed by atoms with Gasteiger partial charge in [0, 0.05) is 36.7 Å². The Morgan fingerprint density at radius 1 is 0.938 bits per heavy atom. The summed E-state index contributed by atoms with van der Waals surface area (Å²) in [6.07, 6.45) is 4.90. The molecule has 2 aliphatic heterocycles. The van der Waals surface area contributed by atoms with Crippen molar-refractivity contribution >= 4 is 27.3 Å². The molecule has 5 rings (SSSR count). The van der Waals surface area contributed by atoms with Crippen molar-refractivity contribution in [2.75, 3.05) is 17.9 Å². The third-order valence-corrected chi connectivity index (χ3v) is 7.31. The van der Waals surface area contributed by atoms with Gasteiger partial charge in [-0.1, -0.05) is 18.0 Å². The van der Waals surface area contributed by atoms with E-state index in [0.717, 1.165) is 44.5 Å². The van der Waals surface area contributed by atoms with Crippen LogP contribution in [0.5, 0.6) is 11.5 Å². The van der Waals surface area contributed by atoms with Gasteiger partial charge in [0.1, 0.15) is 5.82 Å². The van der Waals surface area contributed by atoms with Crippen molar-refractivity contribution in [3.63, 3.8) is 0 Å². The number of halogens is 1. The SMILES string of the molecule is O=S(=O)(Nc1ccc(Cl)c(-c2nnc3n2CCCCC3)c1)c1ccc2c(c1)OCCCO2. The Morgan fingerprint density at radius 2 is 1.78 bits per heavy atom. The summed E-state index contributed by atoms with van der Waals surface area (Å²) in [5.74, 6) is 2.56. The molecule has 0 radical (unpaired) electrons. The van der Waals surface area contributed by atoms with Gasteiger partial charge in [-0.2, -0.15) is 0 Å². The summed E-state index contributed by atoms with van der Waals surface area (Å²) in [6, 6.07) is 9.61. The number of hydrogen-bond acceptors (Lipinski definition) is 6. The zero-order valence-corrected chi connectivity index (χ0v) is 19.0. The lowest BCUT2D eigenvalue weighted by Crippen LogP contribution is -2.13. The smallest absolute Gasteiger partial charge is 0.262 e. The van der Waals surface area contributed by atoms with Crippen LogP contribution < -0.4 is 14.2 Å². The maximum atomic E-state index is 13.1. The van der Waals surface area contributed by atoms with E-state index in [1.807, 2.05) is 0 Å². The first-order valence-corrected chi connectivity index (χ1v) is 12.5. The number of aryl methyl sites for hydroxylation is 1. The Hall–Kier alpha value is -2.78. The van der Waals surface area contributed by atoms with Crippen LogP contribution in [0.25, 0.3) is 11.4 Å². The molecule has 0 spiro atoms. The van der Waals surface area contributed by atoms with Gasteiger partial charge >= 0.3 is 0 Å². The zero-order chi connectivity index (χ0) is 22.1. The Kier molecular flexibility index (Phi) is 5.69. The maximum absolute atomic E-state index is 13.1. The molecule has 1 aromatic heterocycles. The fourth-order valence-electron chi connectivity index (χ4n) is 3.97. The number of hydrogen-bond donors (Lipinski definition) is 1. The van der Waals surface area contributed by atoms with Crippen molar-refractivity contribution in [3.8, 4) is 22.9 Å². The minimum absolute atomic E-state index is 0.0922. The molecule has 0 aliphatic carbocycles. The van der Waals surface area contributed by atoms with Gasteiger partial charge in [0.05, 0.1) is 23.1 Å². The normalized spacial score (nSPS) is 16.0. The van der Waals surface area contributed by atoms with Crippen molar-refractivity contribution in [2.24, 2.45) is 0 Å². The second-order valence-electron chi connectivity index (χ2n) is 7.86. The first-order valence-electron chi connectivity index (χ1n) is 10.7. The molecule has 0 amide bonds. The van der Waals surface area contributed by atoms with Crippen LogP contribution >= 0.6 is 11.6 Å². The molecule has 1 N–H and O–H groups in total. The fraction of sp³-hybridized carbons (Fsp3) is 0.364. The Bertz CT molecular complexity index is 1260. The average Bonchev–Trinajstić information content (AvgIpc) is 2.95. The quantitative estimate of drug-likeness (QED) is 0.606. The lowest BCUT2D eigenvalue weighted by atomic mass is 10.2. The third-order valence-electron chi connectivity index (χ3n) is 5.60. The fourth-order valence-corrected chi connectivity index (χ4v) is 5.24. The van der Waals surface area contributed by atoms with Gasteiger partial charge in [-0.25, -0.2) is 8.42 Å². The van der Waals surface area contributed by atoms with Crippen LogP contribution in [0.15, 0.2) is 41.3 Å². The van der Waals surface area contributed by atoms with Crippen LogP contribution in [0, 0.1) is 0 Å². The standard InChI is InChI=1S/C22H23ClN4O4S/c23-18-8-6-15(13-17(18)22-25-24-21-5-2-1-3-10-27(21)22)26-32(28,29)16-7-9-19-20(14-16)31-12-4-11-30-19/h6-9,13-14,26H,1-5,10-12H2. The number of rotatable bonds is 4. The van der Waals surface area contributed by atoms with E-state index in [0.29, 0.717) is 46.8 Å². The van der Waals surface area contributed by atoms with E-state index < -0.39 is 10.0 Å². The second kappa shape index (κ2) is 8.63. The zero-order valence-electron chi connectivity index (χ0n) is 17.4. The van der Waals surface area contributed by atoms with E-state index in [1.54, 1.807) is 24.3 Å². The summed E-state index contributed by atoms with van der Waals surface area (Å²) in [5, 5.41) is 9.16. The molecule has 0 bridgehead atoms. The highest BCUT2D eigenvalue weighted by Gasteiger charge is 2.22. The predicted molar refractivity (Wildman–Crippen MR) is 121 cm³/mol. The minimum atomic E-state index is -3.85. The number of nitrogens with zero attached hydrogens (tertiary/aromatic N) is 3. The average molecular weight is 475 g/mol. The van der Waals surface area contributed by atoms with Crippen LogP contribution in [-0.2, 0) is 23.0 Å². The van der Waals surface area contributed by atoms with E-state index in [1.165, 1.54) is 12.1 Å². The van der Waals surface area contributed by atoms with Crippen LogP contribution in [0.3, 0.4) is 0 Å². The molecule has 0 unspecified atom stereocenters. The highest BCUT2D eigenvalue weighted by atomic mass is 35.5. The molecule has 0 saturated heterocycles. The van der Waals surface area contributed by atoms with Gasteiger partial charge < -0.3 is 14.0 Å². The molecule has 3 heterocycles. The van der Waals surface area contributed by atoms with Crippen LogP contribution in [0.4, 0.5) is 5.69 Å². The summed E-state index contributed by atoms with van der Waals surface area (Å²) in [7, 11) is -3.85. The first-order chi connectivity index (χ1) is 15.5. The van der Waals surface area contributed by atoms with E-state index in [2.05, 4.69) is 19.5 Å². The van der Waals surface area contributed by atoms with Crippen molar-refractivity contribution in [1.82, 2.24) is 14.8 Å². The highest BCUT2D eigenvalue weighted by Crippen LogP contribution is 2.34. The number of aromatic nitrogens is 3. The Morgan fingerprint density at radius 3 is 2.66 bits per heavy atom. The molecule has 3 aromatic rings. The van der Waals surface area contributed by atoms with Gasteiger partial charge in [-0.3, -0.25) is 4.72 Å². The molecule has 10 heteroatoms. The summed E-state index contributed by atoms with van der Waals surface area (Å²) in [6.45, 7) is 1.84. The van der Waals surface area contributed by atoms with Gasteiger partial charge in [-0.05, 0) is 43.2 Å². The van der Waals surface area contributed by atoms with Crippen molar-refractivity contribution < 1.29 is 17.9 Å². The molecular formula is C22H23ClN4O4S. The number of fused-ring (bicyclic) bond motifs is 2. The monoisotopic (exact) mass is 474 g/mol. The lowest BCUT2D eigenvalue weighted by molar-refractivity contribution is 0.297. The number of nitrogens with one attached hydrogen (secondary N) is 1. The molecule has 0 fully saturated rings. The maximum Gasteiger partial charge on any atom is 0.262 e. The number of sulfonamides is 1. The van der Waals surface area contributed by atoms with Crippen LogP contribution in [0.2, 0.25) is 5.02 Å².